The third kappa shape index (κ3) is 3.52. The maximum atomic E-state index is 12.4. The smallest absolute Gasteiger partial charge is 0.335 e. The van der Waals surface area contributed by atoms with Crippen LogP contribution in [0.4, 0.5) is 11.4 Å². The fourth-order valence-corrected chi connectivity index (χ4v) is 2.92. The molecule has 0 saturated carbocycles. The molecule has 2 aromatic carbocycles. The minimum absolute atomic E-state index is 0.0734. The Morgan fingerprint density at radius 2 is 1.80 bits per heavy atom. The molecule has 128 valence electrons. The van der Waals surface area contributed by atoms with Crippen molar-refractivity contribution in [3.63, 3.8) is 0 Å². The van der Waals surface area contributed by atoms with Gasteiger partial charge >= 0.3 is 5.97 Å². The van der Waals surface area contributed by atoms with Gasteiger partial charge in [0.25, 0.3) is 0 Å². The highest BCUT2D eigenvalue weighted by molar-refractivity contribution is 6.04. The van der Waals surface area contributed by atoms with E-state index in [9.17, 15) is 14.4 Å². The van der Waals surface area contributed by atoms with Crippen molar-refractivity contribution in [3.8, 4) is 0 Å². The zero-order valence-corrected chi connectivity index (χ0v) is 13.7. The summed E-state index contributed by atoms with van der Waals surface area (Å²) < 4.78 is 0. The Balaban J connectivity index is 1.68. The number of carboxylic acids is 1. The van der Waals surface area contributed by atoms with Gasteiger partial charge in [-0.15, -0.1) is 0 Å². The molecule has 0 bridgehead atoms. The highest BCUT2D eigenvalue weighted by Crippen LogP contribution is 2.28. The Kier molecular flexibility index (Phi) is 4.52. The molecule has 1 aliphatic heterocycles. The average molecular weight is 338 g/mol. The molecule has 1 atom stereocenters. The lowest BCUT2D eigenvalue weighted by atomic mass is 10.1. The first-order chi connectivity index (χ1) is 12.0. The van der Waals surface area contributed by atoms with Crippen LogP contribution in [0.1, 0.15) is 22.3 Å². The van der Waals surface area contributed by atoms with E-state index in [1.54, 1.807) is 4.90 Å². The first-order valence-electron chi connectivity index (χ1n) is 7.96. The number of aromatic carboxylic acids is 1. The number of nitrogens with zero attached hydrogens (tertiary/aromatic N) is 1. The maximum Gasteiger partial charge on any atom is 0.335 e. The zero-order valence-electron chi connectivity index (χ0n) is 13.7. The number of amides is 2. The summed E-state index contributed by atoms with van der Waals surface area (Å²) in [7, 11) is 0. The molecular weight excluding hydrogens is 320 g/mol. The molecule has 0 unspecified atom stereocenters. The van der Waals surface area contributed by atoms with Gasteiger partial charge in [0.05, 0.1) is 11.5 Å². The van der Waals surface area contributed by atoms with E-state index in [0.717, 1.165) is 11.3 Å². The largest absolute Gasteiger partial charge is 0.478 e. The van der Waals surface area contributed by atoms with E-state index in [1.165, 1.54) is 24.3 Å². The Hall–Kier alpha value is -3.15. The first kappa shape index (κ1) is 16.7. The van der Waals surface area contributed by atoms with E-state index in [4.69, 9.17) is 5.11 Å². The third-order valence-corrected chi connectivity index (χ3v) is 4.30. The predicted octanol–water partition coefficient (Wildman–Crippen LogP) is 2.68. The van der Waals surface area contributed by atoms with Crippen molar-refractivity contribution in [3.05, 3.63) is 59.7 Å². The number of hydrogen-bond donors (Lipinski definition) is 2. The molecule has 1 aliphatic rings. The fourth-order valence-electron chi connectivity index (χ4n) is 2.92. The molecule has 2 amide bonds. The highest BCUT2D eigenvalue weighted by Gasteiger charge is 2.35. The molecule has 3 rings (SSSR count). The van der Waals surface area contributed by atoms with Crippen LogP contribution in [0.2, 0.25) is 0 Å². The molecule has 1 heterocycles. The number of carbonyl (C=O) groups is 3. The lowest BCUT2D eigenvalue weighted by Crippen LogP contribution is -2.28. The normalized spacial score (nSPS) is 16.8. The highest BCUT2D eigenvalue weighted by atomic mass is 16.4. The number of carboxylic acid groups (broad SMARTS) is 1. The van der Waals surface area contributed by atoms with Crippen molar-refractivity contribution >= 4 is 29.2 Å². The van der Waals surface area contributed by atoms with Gasteiger partial charge < -0.3 is 15.3 Å². The molecule has 25 heavy (non-hydrogen) atoms. The van der Waals surface area contributed by atoms with Crippen LogP contribution in [0.25, 0.3) is 0 Å². The second kappa shape index (κ2) is 6.76. The Bertz CT molecular complexity index is 830. The predicted molar refractivity (Wildman–Crippen MR) is 93.7 cm³/mol. The molecule has 6 nitrogen and oxygen atoms in total. The van der Waals surface area contributed by atoms with Crippen molar-refractivity contribution in [2.24, 2.45) is 5.92 Å². The van der Waals surface area contributed by atoms with Gasteiger partial charge in [-0.2, -0.15) is 0 Å². The first-order valence-corrected chi connectivity index (χ1v) is 7.96. The number of nitrogens with one attached hydrogen (secondary N) is 1. The number of benzene rings is 2. The Morgan fingerprint density at radius 3 is 2.44 bits per heavy atom. The van der Waals surface area contributed by atoms with Crippen LogP contribution >= 0.6 is 0 Å². The monoisotopic (exact) mass is 338 g/mol. The fraction of sp³-hybridized carbons (Fsp3) is 0.211. The summed E-state index contributed by atoms with van der Waals surface area (Å²) in [6.45, 7) is 2.27. The zero-order chi connectivity index (χ0) is 18.0. The number of hydrogen-bond acceptors (Lipinski definition) is 3. The maximum absolute atomic E-state index is 12.4. The third-order valence-electron chi connectivity index (χ3n) is 4.30. The van der Waals surface area contributed by atoms with Gasteiger partial charge in [0.15, 0.2) is 0 Å². The number of para-hydroxylation sites is 1. The van der Waals surface area contributed by atoms with Gasteiger partial charge in [0.2, 0.25) is 11.8 Å². The van der Waals surface area contributed by atoms with Crippen molar-refractivity contribution < 1.29 is 19.5 Å². The molecule has 2 N–H and O–H groups in total. The summed E-state index contributed by atoms with van der Waals surface area (Å²) in [6, 6.07) is 13.5. The van der Waals surface area contributed by atoms with E-state index in [-0.39, 0.29) is 23.8 Å². The Morgan fingerprint density at radius 1 is 1.12 bits per heavy atom. The van der Waals surface area contributed by atoms with Gasteiger partial charge in [0.1, 0.15) is 0 Å². The SMILES string of the molecule is Cc1ccccc1N1C[C@@H](C(=O)Nc2ccc(C(=O)O)cc2)CC1=O. The summed E-state index contributed by atoms with van der Waals surface area (Å²) >= 11 is 0. The second-order valence-electron chi connectivity index (χ2n) is 6.06. The van der Waals surface area contributed by atoms with Crippen LogP contribution < -0.4 is 10.2 Å². The van der Waals surface area contributed by atoms with Crippen LogP contribution in [-0.2, 0) is 9.59 Å². The molecule has 0 radical (unpaired) electrons. The summed E-state index contributed by atoms with van der Waals surface area (Å²) in [4.78, 5) is 37.2. The van der Waals surface area contributed by atoms with Crippen molar-refractivity contribution in [2.75, 3.05) is 16.8 Å². The number of aryl methyl sites for hydroxylation is 1. The number of rotatable bonds is 4. The molecule has 6 heteroatoms. The summed E-state index contributed by atoms with van der Waals surface area (Å²) in [6.07, 6.45) is 0.160. The summed E-state index contributed by atoms with van der Waals surface area (Å²) in [5, 5.41) is 11.6. The van der Waals surface area contributed by atoms with Crippen LogP contribution in [-0.4, -0.2) is 29.4 Å². The minimum atomic E-state index is -1.02. The number of carbonyl (C=O) groups excluding carboxylic acids is 2. The van der Waals surface area contributed by atoms with Crippen molar-refractivity contribution in [1.82, 2.24) is 0 Å². The summed E-state index contributed by atoms with van der Waals surface area (Å²) in [5.74, 6) is -1.78. The lowest BCUT2D eigenvalue weighted by Gasteiger charge is -2.19. The Labute approximate surface area is 145 Å². The van der Waals surface area contributed by atoms with Crippen LogP contribution in [0.5, 0.6) is 0 Å². The van der Waals surface area contributed by atoms with Gasteiger partial charge in [-0.1, -0.05) is 18.2 Å². The van der Waals surface area contributed by atoms with Gasteiger partial charge in [-0.05, 0) is 42.8 Å². The van der Waals surface area contributed by atoms with Gasteiger partial charge in [0, 0.05) is 24.3 Å². The molecular formula is C19H18N2O4. The molecule has 1 saturated heterocycles. The molecule has 2 aromatic rings. The van der Waals surface area contributed by atoms with E-state index in [0.29, 0.717) is 12.2 Å². The van der Waals surface area contributed by atoms with E-state index in [1.807, 2.05) is 31.2 Å². The topological polar surface area (TPSA) is 86.7 Å². The van der Waals surface area contributed by atoms with Crippen molar-refractivity contribution in [2.45, 2.75) is 13.3 Å². The molecule has 0 aliphatic carbocycles. The summed E-state index contributed by atoms with van der Waals surface area (Å²) in [5.41, 5.74) is 2.48. The van der Waals surface area contributed by atoms with E-state index < -0.39 is 11.9 Å². The van der Waals surface area contributed by atoms with E-state index >= 15 is 0 Å². The average Bonchev–Trinajstić information content (AvgIpc) is 2.97. The standard InChI is InChI=1S/C19H18N2O4/c1-12-4-2-3-5-16(12)21-11-14(10-17(21)22)18(23)20-15-8-6-13(7-9-15)19(24)25/h2-9,14H,10-11H2,1H3,(H,20,23)(H,24,25)/t14-/m0/s1. The molecule has 0 spiro atoms. The van der Waals surface area contributed by atoms with Gasteiger partial charge in [-0.25, -0.2) is 4.79 Å². The van der Waals surface area contributed by atoms with Crippen LogP contribution in [0.15, 0.2) is 48.5 Å². The quantitative estimate of drug-likeness (QED) is 0.897. The van der Waals surface area contributed by atoms with Gasteiger partial charge in [-0.3, -0.25) is 9.59 Å². The lowest BCUT2D eigenvalue weighted by molar-refractivity contribution is -0.122. The van der Waals surface area contributed by atoms with Crippen LogP contribution in [0, 0.1) is 12.8 Å². The van der Waals surface area contributed by atoms with E-state index in [2.05, 4.69) is 5.32 Å². The van der Waals surface area contributed by atoms with Crippen molar-refractivity contribution in [1.29, 1.82) is 0 Å². The molecule has 1 fully saturated rings. The number of anilines is 2. The second-order valence-corrected chi connectivity index (χ2v) is 6.06. The minimum Gasteiger partial charge on any atom is -0.478 e. The van der Waals surface area contributed by atoms with Crippen LogP contribution in [0.3, 0.4) is 0 Å². The molecule has 0 aromatic heterocycles.